The molecule has 0 bridgehead atoms. The van der Waals surface area contributed by atoms with E-state index in [1.54, 1.807) is 18.0 Å². The summed E-state index contributed by atoms with van der Waals surface area (Å²) in [6.07, 6.45) is 5.65. The van der Waals surface area contributed by atoms with Crippen LogP contribution in [0.4, 0.5) is 0 Å². The molecule has 0 atom stereocenters. The van der Waals surface area contributed by atoms with Crippen LogP contribution in [0.3, 0.4) is 0 Å². The third kappa shape index (κ3) is 3.38. The first-order chi connectivity index (χ1) is 6.74. The molecule has 0 saturated carbocycles. The Kier molecular flexibility index (Phi) is 4.46. The minimum absolute atomic E-state index is 0.697. The minimum atomic E-state index is 0.697. The Bertz CT molecular complexity index is 295. The molecule has 14 heavy (non-hydrogen) atoms. The predicted molar refractivity (Wildman–Crippen MR) is 62.6 cm³/mol. The van der Waals surface area contributed by atoms with E-state index in [-0.39, 0.29) is 0 Å². The topological polar surface area (TPSA) is 28.5 Å². The lowest BCUT2D eigenvalue weighted by Gasteiger charge is -2.12. The molecule has 0 unspecified atom stereocenters. The van der Waals surface area contributed by atoms with Crippen molar-refractivity contribution in [1.82, 2.24) is 9.88 Å². The average molecular weight is 209 g/mol. The SMILES string of the molecule is CSC(=NCc1cccnc1)N(C)C. The molecule has 1 aromatic heterocycles. The first-order valence-corrected chi connectivity index (χ1v) is 5.61. The van der Waals surface area contributed by atoms with Crippen LogP contribution in [-0.2, 0) is 6.54 Å². The highest BCUT2D eigenvalue weighted by Crippen LogP contribution is 2.04. The highest BCUT2D eigenvalue weighted by atomic mass is 32.2. The maximum Gasteiger partial charge on any atom is 0.158 e. The fourth-order valence-electron chi connectivity index (χ4n) is 1.04. The van der Waals surface area contributed by atoms with Crippen molar-refractivity contribution in [1.29, 1.82) is 0 Å². The Hall–Kier alpha value is -1.03. The normalized spacial score (nSPS) is 11.5. The van der Waals surface area contributed by atoms with Gasteiger partial charge in [-0.05, 0) is 17.9 Å². The lowest BCUT2D eigenvalue weighted by molar-refractivity contribution is 0.632. The van der Waals surface area contributed by atoms with E-state index >= 15 is 0 Å². The number of aliphatic imine (C=N–C) groups is 1. The molecule has 0 fully saturated rings. The molecule has 76 valence electrons. The summed E-state index contributed by atoms with van der Waals surface area (Å²) in [5.41, 5.74) is 1.14. The summed E-state index contributed by atoms with van der Waals surface area (Å²) in [6.45, 7) is 0.697. The van der Waals surface area contributed by atoms with Gasteiger partial charge in [0.2, 0.25) is 0 Å². The summed E-state index contributed by atoms with van der Waals surface area (Å²) in [4.78, 5) is 10.5. The highest BCUT2D eigenvalue weighted by Gasteiger charge is 1.98. The molecular weight excluding hydrogens is 194 g/mol. The summed E-state index contributed by atoms with van der Waals surface area (Å²) >= 11 is 1.65. The molecule has 1 rings (SSSR count). The zero-order valence-corrected chi connectivity index (χ0v) is 9.58. The third-order valence-corrected chi connectivity index (χ3v) is 2.54. The number of thioether (sulfide) groups is 1. The number of aromatic nitrogens is 1. The molecule has 1 aromatic rings. The Morgan fingerprint density at radius 2 is 2.36 bits per heavy atom. The Labute approximate surface area is 89.3 Å². The first kappa shape index (κ1) is 11.0. The molecule has 0 amide bonds. The number of rotatable bonds is 2. The van der Waals surface area contributed by atoms with Crippen molar-refractivity contribution in [3.8, 4) is 0 Å². The van der Waals surface area contributed by atoms with E-state index in [0.717, 1.165) is 10.7 Å². The van der Waals surface area contributed by atoms with E-state index in [9.17, 15) is 0 Å². The predicted octanol–water partition coefficient (Wildman–Crippen LogP) is 1.86. The second-order valence-electron chi connectivity index (χ2n) is 3.06. The zero-order valence-electron chi connectivity index (χ0n) is 8.77. The van der Waals surface area contributed by atoms with Crippen LogP contribution in [-0.4, -0.2) is 35.4 Å². The maximum atomic E-state index is 4.48. The molecule has 0 N–H and O–H groups in total. The number of hydrogen-bond acceptors (Lipinski definition) is 3. The smallest absolute Gasteiger partial charge is 0.158 e. The monoisotopic (exact) mass is 209 g/mol. The largest absolute Gasteiger partial charge is 0.358 e. The van der Waals surface area contributed by atoms with Gasteiger partial charge in [-0.2, -0.15) is 0 Å². The summed E-state index contributed by atoms with van der Waals surface area (Å²) < 4.78 is 0. The van der Waals surface area contributed by atoms with Crippen molar-refractivity contribution in [3.05, 3.63) is 30.1 Å². The van der Waals surface area contributed by atoms with Gasteiger partial charge >= 0.3 is 0 Å². The molecule has 0 aliphatic carbocycles. The van der Waals surface area contributed by atoms with Crippen molar-refractivity contribution < 1.29 is 0 Å². The van der Waals surface area contributed by atoms with Gasteiger partial charge in [-0.15, -0.1) is 0 Å². The second kappa shape index (κ2) is 5.65. The molecule has 0 aliphatic rings. The van der Waals surface area contributed by atoms with E-state index in [1.807, 2.05) is 43.6 Å². The quantitative estimate of drug-likeness (QED) is 0.550. The molecule has 0 saturated heterocycles. The maximum absolute atomic E-state index is 4.48. The van der Waals surface area contributed by atoms with Gasteiger partial charge in [-0.25, -0.2) is 0 Å². The molecule has 1 heterocycles. The first-order valence-electron chi connectivity index (χ1n) is 4.38. The molecule has 0 spiro atoms. The Balaban J connectivity index is 2.62. The van der Waals surface area contributed by atoms with E-state index in [0.29, 0.717) is 6.54 Å². The van der Waals surface area contributed by atoms with Crippen molar-refractivity contribution >= 4 is 16.9 Å². The van der Waals surface area contributed by atoms with E-state index in [4.69, 9.17) is 0 Å². The van der Waals surface area contributed by atoms with Crippen molar-refractivity contribution in [2.24, 2.45) is 4.99 Å². The van der Waals surface area contributed by atoms with Crippen LogP contribution in [0.25, 0.3) is 0 Å². The zero-order chi connectivity index (χ0) is 10.4. The van der Waals surface area contributed by atoms with Crippen LogP contribution in [0.5, 0.6) is 0 Å². The van der Waals surface area contributed by atoms with Crippen molar-refractivity contribution in [2.75, 3.05) is 20.4 Å². The highest BCUT2D eigenvalue weighted by molar-refractivity contribution is 8.13. The number of pyridine rings is 1. The number of nitrogens with zero attached hydrogens (tertiary/aromatic N) is 3. The lowest BCUT2D eigenvalue weighted by atomic mass is 10.3. The summed E-state index contributed by atoms with van der Waals surface area (Å²) in [7, 11) is 4.00. The van der Waals surface area contributed by atoms with Gasteiger partial charge in [0.15, 0.2) is 5.17 Å². The van der Waals surface area contributed by atoms with E-state index < -0.39 is 0 Å². The molecular formula is C10H15N3S. The van der Waals surface area contributed by atoms with Gasteiger partial charge < -0.3 is 4.90 Å². The van der Waals surface area contributed by atoms with Gasteiger partial charge in [-0.1, -0.05) is 17.8 Å². The standard InChI is InChI=1S/C10H15N3S/c1-13(2)10(14-3)12-8-9-5-4-6-11-7-9/h4-7H,8H2,1-3H3. The third-order valence-electron chi connectivity index (χ3n) is 1.68. The van der Waals surface area contributed by atoms with E-state index in [1.165, 1.54) is 0 Å². The van der Waals surface area contributed by atoms with Gasteiger partial charge in [0.25, 0.3) is 0 Å². The minimum Gasteiger partial charge on any atom is -0.358 e. The fraction of sp³-hybridized carbons (Fsp3) is 0.400. The van der Waals surface area contributed by atoms with Crippen LogP contribution in [0.1, 0.15) is 5.56 Å². The lowest BCUT2D eigenvalue weighted by Crippen LogP contribution is -2.18. The van der Waals surface area contributed by atoms with Crippen molar-refractivity contribution in [3.63, 3.8) is 0 Å². The van der Waals surface area contributed by atoms with Gasteiger partial charge in [-0.3, -0.25) is 9.98 Å². The Morgan fingerprint density at radius 3 is 2.86 bits per heavy atom. The van der Waals surface area contributed by atoms with Crippen LogP contribution >= 0.6 is 11.8 Å². The van der Waals surface area contributed by atoms with E-state index in [2.05, 4.69) is 9.98 Å². The fourth-order valence-corrected chi connectivity index (χ4v) is 1.60. The molecule has 0 aromatic carbocycles. The molecule has 0 aliphatic heterocycles. The van der Waals surface area contributed by atoms with Crippen LogP contribution in [0.15, 0.2) is 29.5 Å². The van der Waals surface area contributed by atoms with Gasteiger partial charge in [0.1, 0.15) is 0 Å². The molecule has 0 radical (unpaired) electrons. The van der Waals surface area contributed by atoms with Crippen LogP contribution in [0, 0.1) is 0 Å². The number of amidine groups is 1. The molecule has 4 heteroatoms. The summed E-state index contributed by atoms with van der Waals surface area (Å²) in [5.74, 6) is 0. The van der Waals surface area contributed by atoms with Gasteiger partial charge in [0.05, 0.1) is 6.54 Å². The summed E-state index contributed by atoms with van der Waals surface area (Å²) in [5, 5.41) is 1.04. The Morgan fingerprint density at radius 1 is 1.57 bits per heavy atom. The average Bonchev–Trinajstić information content (AvgIpc) is 2.20. The number of hydrogen-bond donors (Lipinski definition) is 0. The summed E-state index contributed by atoms with van der Waals surface area (Å²) in [6, 6.07) is 3.96. The molecule has 3 nitrogen and oxygen atoms in total. The van der Waals surface area contributed by atoms with Gasteiger partial charge in [0, 0.05) is 26.5 Å². The van der Waals surface area contributed by atoms with Crippen LogP contribution < -0.4 is 0 Å². The second-order valence-corrected chi connectivity index (χ2v) is 3.83. The van der Waals surface area contributed by atoms with Crippen LogP contribution in [0.2, 0.25) is 0 Å². The van der Waals surface area contributed by atoms with Crippen molar-refractivity contribution in [2.45, 2.75) is 6.54 Å².